The Morgan fingerprint density at radius 2 is 1.58 bits per heavy atom. The van der Waals surface area contributed by atoms with Crippen molar-refractivity contribution in [3.63, 3.8) is 0 Å². The lowest BCUT2D eigenvalue weighted by Crippen LogP contribution is -2.51. The van der Waals surface area contributed by atoms with Gasteiger partial charge in [0.25, 0.3) is 0 Å². The zero-order valence-electron chi connectivity index (χ0n) is 15.8. The van der Waals surface area contributed by atoms with Crippen molar-refractivity contribution in [1.82, 2.24) is 14.7 Å². The summed E-state index contributed by atoms with van der Waals surface area (Å²) in [4.78, 5) is 13.9. The first-order valence-corrected chi connectivity index (χ1v) is 9.66. The van der Waals surface area contributed by atoms with Gasteiger partial charge in [-0.1, -0.05) is 6.92 Å². The van der Waals surface area contributed by atoms with E-state index in [0.717, 1.165) is 77.7 Å². The molecule has 0 saturated carbocycles. The third-order valence-electron chi connectivity index (χ3n) is 5.40. The van der Waals surface area contributed by atoms with Crippen LogP contribution in [0.3, 0.4) is 0 Å². The zero-order chi connectivity index (χ0) is 18.4. The van der Waals surface area contributed by atoms with Gasteiger partial charge in [0.1, 0.15) is 5.82 Å². The summed E-state index contributed by atoms with van der Waals surface area (Å²) < 4.78 is 13.0. The molecule has 1 aromatic rings. The van der Waals surface area contributed by atoms with Gasteiger partial charge in [-0.2, -0.15) is 0 Å². The van der Waals surface area contributed by atoms with Crippen LogP contribution in [0, 0.1) is 5.82 Å². The Bertz CT molecular complexity index is 574. The van der Waals surface area contributed by atoms with E-state index in [4.69, 9.17) is 5.73 Å². The van der Waals surface area contributed by atoms with E-state index in [1.54, 1.807) is 0 Å². The number of anilines is 1. The SMILES string of the molecule is CCN1CCN(CCN=C(N)N2CCN(c3ccc(F)cc3)CC2)CC1. The molecule has 2 aliphatic rings. The highest BCUT2D eigenvalue weighted by Gasteiger charge is 2.19. The van der Waals surface area contributed by atoms with Crippen LogP contribution in [-0.2, 0) is 0 Å². The molecule has 2 fully saturated rings. The molecule has 0 atom stereocenters. The molecule has 0 radical (unpaired) electrons. The maximum absolute atomic E-state index is 13.0. The van der Waals surface area contributed by atoms with E-state index >= 15 is 0 Å². The highest BCUT2D eigenvalue weighted by Crippen LogP contribution is 2.16. The van der Waals surface area contributed by atoms with Gasteiger partial charge in [0.15, 0.2) is 5.96 Å². The van der Waals surface area contributed by atoms with Crippen LogP contribution in [0.2, 0.25) is 0 Å². The van der Waals surface area contributed by atoms with Crippen LogP contribution in [0.15, 0.2) is 29.3 Å². The second kappa shape index (κ2) is 9.19. The number of nitrogens with zero attached hydrogens (tertiary/aromatic N) is 5. The molecular formula is C19H31FN6. The minimum atomic E-state index is -0.195. The number of hydrogen-bond donors (Lipinski definition) is 1. The van der Waals surface area contributed by atoms with Gasteiger partial charge in [0.2, 0.25) is 0 Å². The Balaban J connectivity index is 1.39. The molecule has 2 heterocycles. The number of likely N-dealkylation sites (N-methyl/N-ethyl adjacent to an activating group) is 1. The van der Waals surface area contributed by atoms with Gasteiger partial charge in [-0.05, 0) is 30.8 Å². The fraction of sp³-hybridized carbons (Fsp3) is 0.632. The van der Waals surface area contributed by atoms with Crippen molar-refractivity contribution >= 4 is 11.6 Å². The van der Waals surface area contributed by atoms with Gasteiger partial charge in [-0.3, -0.25) is 9.89 Å². The molecule has 26 heavy (non-hydrogen) atoms. The third-order valence-corrected chi connectivity index (χ3v) is 5.40. The number of benzene rings is 1. The Morgan fingerprint density at radius 3 is 2.19 bits per heavy atom. The molecule has 1 aromatic carbocycles. The van der Waals surface area contributed by atoms with Crippen LogP contribution in [-0.4, -0.2) is 92.7 Å². The molecular weight excluding hydrogens is 331 g/mol. The number of halogens is 1. The summed E-state index contributed by atoms with van der Waals surface area (Å²) in [6, 6.07) is 6.69. The highest BCUT2D eigenvalue weighted by molar-refractivity contribution is 5.78. The van der Waals surface area contributed by atoms with Crippen LogP contribution < -0.4 is 10.6 Å². The largest absolute Gasteiger partial charge is 0.370 e. The van der Waals surface area contributed by atoms with Gasteiger partial charge in [0, 0.05) is 64.6 Å². The fourth-order valence-electron chi connectivity index (χ4n) is 3.58. The summed E-state index contributed by atoms with van der Waals surface area (Å²) in [5.41, 5.74) is 7.26. The lowest BCUT2D eigenvalue weighted by molar-refractivity contribution is 0.140. The van der Waals surface area contributed by atoms with E-state index in [1.165, 1.54) is 12.1 Å². The van der Waals surface area contributed by atoms with Crippen molar-refractivity contribution in [2.45, 2.75) is 6.92 Å². The molecule has 0 aliphatic carbocycles. The molecule has 7 heteroatoms. The van der Waals surface area contributed by atoms with Crippen molar-refractivity contribution in [2.75, 3.05) is 76.9 Å². The van der Waals surface area contributed by atoms with Crippen molar-refractivity contribution in [3.05, 3.63) is 30.1 Å². The maximum atomic E-state index is 13.0. The first-order valence-electron chi connectivity index (χ1n) is 9.66. The summed E-state index contributed by atoms with van der Waals surface area (Å²) in [5, 5.41) is 0. The molecule has 0 aromatic heterocycles. The van der Waals surface area contributed by atoms with E-state index in [9.17, 15) is 4.39 Å². The van der Waals surface area contributed by atoms with Crippen molar-refractivity contribution in [3.8, 4) is 0 Å². The van der Waals surface area contributed by atoms with Gasteiger partial charge in [-0.15, -0.1) is 0 Å². The Kier molecular flexibility index (Phi) is 6.68. The summed E-state index contributed by atoms with van der Waals surface area (Å²) in [6.45, 7) is 13.1. The fourth-order valence-corrected chi connectivity index (χ4v) is 3.58. The van der Waals surface area contributed by atoms with Gasteiger partial charge >= 0.3 is 0 Å². The quantitative estimate of drug-likeness (QED) is 0.623. The topological polar surface area (TPSA) is 51.3 Å². The van der Waals surface area contributed by atoms with Crippen LogP contribution in [0.5, 0.6) is 0 Å². The van der Waals surface area contributed by atoms with Crippen molar-refractivity contribution in [2.24, 2.45) is 10.7 Å². The number of rotatable bonds is 5. The molecule has 3 rings (SSSR count). The first-order chi connectivity index (χ1) is 12.7. The van der Waals surface area contributed by atoms with Crippen LogP contribution in [0.1, 0.15) is 6.92 Å². The first kappa shape index (κ1) is 18.9. The number of hydrogen-bond acceptors (Lipinski definition) is 4. The van der Waals surface area contributed by atoms with Gasteiger partial charge in [-0.25, -0.2) is 4.39 Å². The van der Waals surface area contributed by atoms with E-state index < -0.39 is 0 Å². The number of aliphatic imine (C=N–C) groups is 1. The number of piperazine rings is 2. The minimum absolute atomic E-state index is 0.195. The third kappa shape index (κ3) is 5.08. The molecule has 0 bridgehead atoms. The summed E-state index contributed by atoms with van der Waals surface area (Å²) in [5.74, 6) is 0.454. The predicted octanol–water partition coefficient (Wildman–Crippen LogP) is 0.900. The molecule has 2 saturated heterocycles. The minimum Gasteiger partial charge on any atom is -0.370 e. The standard InChI is InChI=1S/C19H31FN6/c1-2-23-9-11-24(12-10-23)8-7-22-19(21)26-15-13-25(14-16-26)18-5-3-17(20)4-6-18/h3-6H,2,7-16H2,1H3,(H2,21,22). The molecule has 144 valence electrons. The monoisotopic (exact) mass is 362 g/mol. The molecule has 0 unspecified atom stereocenters. The van der Waals surface area contributed by atoms with Gasteiger partial charge < -0.3 is 20.4 Å². The van der Waals surface area contributed by atoms with Crippen LogP contribution in [0.25, 0.3) is 0 Å². The Labute approximate surface area is 156 Å². The zero-order valence-corrected chi connectivity index (χ0v) is 15.8. The second-order valence-corrected chi connectivity index (χ2v) is 6.97. The maximum Gasteiger partial charge on any atom is 0.191 e. The van der Waals surface area contributed by atoms with Gasteiger partial charge in [0.05, 0.1) is 6.54 Å². The summed E-state index contributed by atoms with van der Waals surface area (Å²) >= 11 is 0. The lowest BCUT2D eigenvalue weighted by Gasteiger charge is -2.36. The average Bonchev–Trinajstić information content (AvgIpc) is 2.69. The molecule has 2 N–H and O–H groups in total. The summed E-state index contributed by atoms with van der Waals surface area (Å²) in [7, 11) is 0. The lowest BCUT2D eigenvalue weighted by atomic mass is 10.2. The average molecular weight is 362 g/mol. The molecule has 6 nitrogen and oxygen atoms in total. The smallest absolute Gasteiger partial charge is 0.191 e. The van der Waals surface area contributed by atoms with E-state index in [1.807, 2.05) is 12.1 Å². The van der Waals surface area contributed by atoms with Crippen LogP contribution in [0.4, 0.5) is 10.1 Å². The van der Waals surface area contributed by atoms with E-state index in [0.29, 0.717) is 5.96 Å². The Hall–Kier alpha value is -1.86. The summed E-state index contributed by atoms with van der Waals surface area (Å²) in [6.07, 6.45) is 0. The van der Waals surface area contributed by atoms with E-state index in [2.05, 4.69) is 31.5 Å². The van der Waals surface area contributed by atoms with Crippen molar-refractivity contribution < 1.29 is 4.39 Å². The number of nitrogens with two attached hydrogens (primary N) is 1. The van der Waals surface area contributed by atoms with Crippen molar-refractivity contribution in [1.29, 1.82) is 0 Å². The normalized spacial score (nSPS) is 20.6. The predicted molar refractivity (Wildman–Crippen MR) is 105 cm³/mol. The molecule has 0 spiro atoms. The second-order valence-electron chi connectivity index (χ2n) is 6.97. The highest BCUT2D eigenvalue weighted by atomic mass is 19.1. The van der Waals surface area contributed by atoms with Crippen LogP contribution >= 0.6 is 0 Å². The molecule has 0 amide bonds. The molecule has 2 aliphatic heterocycles. The Morgan fingerprint density at radius 1 is 0.962 bits per heavy atom. The number of guanidine groups is 1. The van der Waals surface area contributed by atoms with E-state index in [-0.39, 0.29) is 5.82 Å².